The van der Waals surface area contributed by atoms with Crippen molar-refractivity contribution >= 4 is 40.5 Å². The van der Waals surface area contributed by atoms with E-state index in [1.54, 1.807) is 0 Å². The van der Waals surface area contributed by atoms with Gasteiger partial charge in [0.05, 0.1) is 10.0 Å². The summed E-state index contributed by atoms with van der Waals surface area (Å²) in [5.74, 6) is 0.249. The van der Waals surface area contributed by atoms with Crippen LogP contribution in [0, 0.1) is 0 Å². The molecular weight excluding hydrogens is 393 g/mol. The van der Waals surface area contributed by atoms with Crippen LogP contribution in [0.25, 0.3) is 0 Å². The summed E-state index contributed by atoms with van der Waals surface area (Å²) in [4.78, 5) is 19.4. The van der Waals surface area contributed by atoms with Crippen molar-refractivity contribution in [2.24, 2.45) is 0 Å². The van der Waals surface area contributed by atoms with Crippen LogP contribution in [0.5, 0.6) is 0 Å². The average Bonchev–Trinajstić information content (AvgIpc) is 3.15. The summed E-state index contributed by atoms with van der Waals surface area (Å²) in [5.41, 5.74) is 3.51. The van der Waals surface area contributed by atoms with Gasteiger partial charge in [0.15, 0.2) is 0 Å². The largest absolute Gasteiger partial charge is 0.369 e. The number of para-hydroxylation sites is 1. The molecule has 0 spiro atoms. The maximum Gasteiger partial charge on any atom is 0.227 e. The molecule has 148 valence electrons. The van der Waals surface area contributed by atoms with E-state index in [9.17, 15) is 4.79 Å². The van der Waals surface area contributed by atoms with Gasteiger partial charge in [-0.3, -0.25) is 9.69 Å². The van der Waals surface area contributed by atoms with Gasteiger partial charge < -0.3 is 9.80 Å². The van der Waals surface area contributed by atoms with Crippen LogP contribution in [0.3, 0.4) is 0 Å². The highest BCUT2D eigenvalue weighted by Gasteiger charge is 2.24. The smallest absolute Gasteiger partial charge is 0.227 e. The van der Waals surface area contributed by atoms with Gasteiger partial charge in [-0.05, 0) is 49.2 Å². The van der Waals surface area contributed by atoms with E-state index in [0.29, 0.717) is 16.5 Å². The standard InChI is InChI=1S/C22H25Cl2N3O/c23-19-8-7-18(16-20(19)24)26-14-12-25(13-15-26)10-3-6-22(28)27-11-9-17-4-1-2-5-21(17)27/h1-2,4-5,7-8,16H,3,6,9-15H2. The molecule has 2 aliphatic rings. The molecule has 0 atom stereocenters. The van der Waals surface area contributed by atoms with Gasteiger partial charge in [-0.1, -0.05) is 41.4 Å². The second-order valence-corrected chi connectivity index (χ2v) is 8.27. The zero-order valence-corrected chi connectivity index (χ0v) is 17.4. The number of amides is 1. The molecule has 0 aliphatic carbocycles. The second kappa shape index (κ2) is 8.73. The Balaban J connectivity index is 1.22. The monoisotopic (exact) mass is 417 g/mol. The predicted octanol–water partition coefficient (Wildman–Crippen LogP) is 4.48. The molecular formula is C22H25Cl2N3O. The molecule has 4 rings (SSSR count). The van der Waals surface area contributed by atoms with Crippen molar-refractivity contribution in [1.82, 2.24) is 4.90 Å². The number of hydrogen-bond donors (Lipinski definition) is 0. The second-order valence-electron chi connectivity index (χ2n) is 7.45. The first-order valence-corrected chi connectivity index (χ1v) is 10.7. The third-order valence-corrected chi connectivity index (χ3v) is 6.43. The van der Waals surface area contributed by atoms with Crippen molar-refractivity contribution in [3.05, 3.63) is 58.1 Å². The molecule has 0 aromatic heterocycles. The fourth-order valence-corrected chi connectivity index (χ4v) is 4.39. The molecule has 0 unspecified atom stereocenters. The van der Waals surface area contributed by atoms with E-state index in [2.05, 4.69) is 21.9 Å². The summed E-state index contributed by atoms with van der Waals surface area (Å²) in [5, 5.41) is 1.19. The summed E-state index contributed by atoms with van der Waals surface area (Å²) in [7, 11) is 0. The highest BCUT2D eigenvalue weighted by Crippen LogP contribution is 2.29. The van der Waals surface area contributed by atoms with Crippen molar-refractivity contribution in [2.45, 2.75) is 19.3 Å². The van der Waals surface area contributed by atoms with Crippen LogP contribution in [-0.4, -0.2) is 50.1 Å². The number of fused-ring (bicyclic) bond motifs is 1. The quantitative estimate of drug-likeness (QED) is 0.716. The van der Waals surface area contributed by atoms with Gasteiger partial charge in [0, 0.05) is 50.5 Å². The first-order chi connectivity index (χ1) is 13.6. The molecule has 4 nitrogen and oxygen atoms in total. The molecule has 0 saturated carbocycles. The topological polar surface area (TPSA) is 26.8 Å². The summed E-state index contributed by atoms with van der Waals surface area (Å²) < 4.78 is 0. The third kappa shape index (κ3) is 4.29. The summed E-state index contributed by atoms with van der Waals surface area (Å²) in [6, 6.07) is 14.1. The van der Waals surface area contributed by atoms with Crippen molar-refractivity contribution in [3.8, 4) is 0 Å². The lowest BCUT2D eigenvalue weighted by Gasteiger charge is -2.36. The van der Waals surface area contributed by atoms with Gasteiger partial charge in [-0.15, -0.1) is 0 Å². The Morgan fingerprint density at radius 2 is 1.71 bits per heavy atom. The fraction of sp³-hybridized carbons (Fsp3) is 0.409. The number of carbonyl (C=O) groups is 1. The minimum atomic E-state index is 0.249. The van der Waals surface area contributed by atoms with E-state index in [0.717, 1.165) is 63.5 Å². The van der Waals surface area contributed by atoms with Crippen molar-refractivity contribution < 1.29 is 4.79 Å². The van der Waals surface area contributed by atoms with Gasteiger partial charge in [0.25, 0.3) is 0 Å². The van der Waals surface area contributed by atoms with Crippen LogP contribution < -0.4 is 9.80 Å². The Bertz CT molecular complexity index is 849. The highest BCUT2D eigenvalue weighted by molar-refractivity contribution is 6.42. The molecule has 1 saturated heterocycles. The SMILES string of the molecule is O=C(CCCN1CCN(c2ccc(Cl)c(Cl)c2)CC1)N1CCc2ccccc21. The number of carbonyl (C=O) groups excluding carboxylic acids is 1. The molecule has 0 bridgehead atoms. The summed E-state index contributed by atoms with van der Waals surface area (Å²) in [6.07, 6.45) is 2.49. The Hall–Kier alpha value is -1.75. The number of anilines is 2. The number of benzene rings is 2. The molecule has 2 aliphatic heterocycles. The van der Waals surface area contributed by atoms with Gasteiger partial charge in [0.2, 0.25) is 5.91 Å². The van der Waals surface area contributed by atoms with Gasteiger partial charge in [0.1, 0.15) is 0 Å². The molecule has 2 aromatic rings. The zero-order chi connectivity index (χ0) is 19.5. The van der Waals surface area contributed by atoms with Crippen LogP contribution in [0.15, 0.2) is 42.5 Å². The maximum atomic E-state index is 12.6. The number of nitrogens with zero attached hydrogens (tertiary/aromatic N) is 3. The number of hydrogen-bond acceptors (Lipinski definition) is 3. The maximum absolute atomic E-state index is 12.6. The van der Waals surface area contributed by atoms with Crippen LogP contribution in [-0.2, 0) is 11.2 Å². The van der Waals surface area contributed by atoms with E-state index >= 15 is 0 Å². The van der Waals surface area contributed by atoms with Crippen LogP contribution >= 0.6 is 23.2 Å². The fourth-order valence-electron chi connectivity index (χ4n) is 4.10. The molecule has 6 heteroatoms. The first kappa shape index (κ1) is 19.6. The lowest BCUT2D eigenvalue weighted by Crippen LogP contribution is -2.46. The Morgan fingerprint density at radius 3 is 2.50 bits per heavy atom. The lowest BCUT2D eigenvalue weighted by molar-refractivity contribution is -0.118. The van der Waals surface area contributed by atoms with Crippen molar-refractivity contribution in [3.63, 3.8) is 0 Å². The van der Waals surface area contributed by atoms with Crippen LogP contribution in [0.4, 0.5) is 11.4 Å². The van der Waals surface area contributed by atoms with Crippen molar-refractivity contribution in [2.75, 3.05) is 49.1 Å². The van der Waals surface area contributed by atoms with Gasteiger partial charge >= 0.3 is 0 Å². The Kier molecular flexibility index (Phi) is 6.10. The van der Waals surface area contributed by atoms with Crippen LogP contribution in [0.1, 0.15) is 18.4 Å². The van der Waals surface area contributed by atoms with E-state index < -0.39 is 0 Å². The first-order valence-electron chi connectivity index (χ1n) is 9.92. The number of rotatable bonds is 5. The van der Waals surface area contributed by atoms with Gasteiger partial charge in [-0.25, -0.2) is 0 Å². The molecule has 1 fully saturated rings. The minimum Gasteiger partial charge on any atom is -0.369 e. The summed E-state index contributed by atoms with van der Waals surface area (Å²) in [6.45, 7) is 5.72. The molecule has 2 aromatic carbocycles. The van der Waals surface area contributed by atoms with E-state index in [1.807, 2.05) is 35.2 Å². The predicted molar refractivity (Wildman–Crippen MR) is 117 cm³/mol. The summed E-state index contributed by atoms with van der Waals surface area (Å²) >= 11 is 12.2. The number of piperazine rings is 1. The molecule has 0 radical (unpaired) electrons. The van der Waals surface area contributed by atoms with E-state index in [1.165, 1.54) is 5.56 Å². The normalized spacial score (nSPS) is 17.1. The zero-order valence-electron chi connectivity index (χ0n) is 15.9. The van der Waals surface area contributed by atoms with Crippen molar-refractivity contribution in [1.29, 1.82) is 0 Å². The molecule has 1 amide bonds. The van der Waals surface area contributed by atoms with E-state index in [4.69, 9.17) is 23.2 Å². The lowest BCUT2D eigenvalue weighted by atomic mass is 10.2. The molecule has 2 heterocycles. The highest BCUT2D eigenvalue weighted by atomic mass is 35.5. The van der Waals surface area contributed by atoms with Crippen LogP contribution in [0.2, 0.25) is 10.0 Å². The molecule has 28 heavy (non-hydrogen) atoms. The third-order valence-electron chi connectivity index (χ3n) is 5.69. The Morgan fingerprint density at radius 1 is 0.929 bits per heavy atom. The minimum absolute atomic E-state index is 0.249. The molecule has 0 N–H and O–H groups in total. The van der Waals surface area contributed by atoms with E-state index in [-0.39, 0.29) is 5.91 Å². The Labute approximate surface area is 176 Å². The van der Waals surface area contributed by atoms with Gasteiger partial charge in [-0.2, -0.15) is 0 Å². The number of halogens is 2. The average molecular weight is 418 g/mol.